The largest absolute Gasteiger partial charge is 0.463 e. The molecule has 1 N–H and O–H groups in total. The molecule has 0 fully saturated rings. The standard InChI is InChI=1S/C10H6N2O2/c1-11-8-5-4-7(12-10(8)13)9-3-2-6-14-9/h2-6H,(H,12,13). The maximum Gasteiger partial charge on any atom is 0.254 e. The van der Waals surface area contributed by atoms with Crippen molar-refractivity contribution in [2.45, 2.75) is 0 Å². The van der Waals surface area contributed by atoms with Crippen LogP contribution in [0, 0.1) is 6.57 Å². The monoisotopic (exact) mass is 186 g/mol. The number of furan rings is 1. The molecule has 2 aromatic rings. The normalized spacial score (nSPS) is 9.64. The maximum atomic E-state index is 11.3. The third kappa shape index (κ3) is 1.31. The van der Waals surface area contributed by atoms with Gasteiger partial charge in [0.1, 0.15) is 5.76 Å². The van der Waals surface area contributed by atoms with Gasteiger partial charge < -0.3 is 9.40 Å². The number of nitrogens with one attached hydrogen (secondary N) is 1. The highest BCUT2D eigenvalue weighted by Crippen LogP contribution is 2.17. The molecule has 0 aliphatic heterocycles. The van der Waals surface area contributed by atoms with Crippen molar-refractivity contribution in [3.8, 4) is 11.5 Å². The summed E-state index contributed by atoms with van der Waals surface area (Å²) in [5, 5.41) is 0. The van der Waals surface area contributed by atoms with Gasteiger partial charge in [0, 0.05) is 0 Å². The van der Waals surface area contributed by atoms with Crippen molar-refractivity contribution in [2.24, 2.45) is 0 Å². The Bertz CT molecular complexity index is 532. The fraction of sp³-hybridized carbons (Fsp3) is 0. The van der Waals surface area contributed by atoms with Crippen LogP contribution in [0.25, 0.3) is 16.3 Å². The molecule has 0 saturated heterocycles. The van der Waals surface area contributed by atoms with Gasteiger partial charge in [-0.3, -0.25) is 4.79 Å². The number of aromatic nitrogens is 1. The van der Waals surface area contributed by atoms with Crippen molar-refractivity contribution in [1.82, 2.24) is 4.98 Å². The molecule has 0 aliphatic rings. The highest BCUT2D eigenvalue weighted by atomic mass is 16.3. The third-order valence-electron chi connectivity index (χ3n) is 1.80. The second kappa shape index (κ2) is 3.23. The third-order valence-corrected chi connectivity index (χ3v) is 1.80. The zero-order chi connectivity index (χ0) is 9.97. The first-order valence-electron chi connectivity index (χ1n) is 3.96. The van der Waals surface area contributed by atoms with E-state index in [1.165, 1.54) is 12.3 Å². The predicted molar refractivity (Wildman–Crippen MR) is 51.0 cm³/mol. The van der Waals surface area contributed by atoms with Gasteiger partial charge in [-0.1, -0.05) is 0 Å². The number of hydrogen-bond acceptors (Lipinski definition) is 2. The zero-order valence-electron chi connectivity index (χ0n) is 7.15. The molecule has 0 saturated carbocycles. The maximum absolute atomic E-state index is 11.3. The molecule has 0 aliphatic carbocycles. The quantitative estimate of drug-likeness (QED) is 0.694. The average molecular weight is 186 g/mol. The lowest BCUT2D eigenvalue weighted by Crippen LogP contribution is -2.04. The summed E-state index contributed by atoms with van der Waals surface area (Å²) in [6.45, 7) is 6.71. The first kappa shape index (κ1) is 8.32. The molecule has 2 rings (SSSR count). The van der Waals surface area contributed by atoms with Gasteiger partial charge >= 0.3 is 0 Å². The van der Waals surface area contributed by atoms with Crippen LogP contribution in [-0.4, -0.2) is 4.98 Å². The molecule has 14 heavy (non-hydrogen) atoms. The van der Waals surface area contributed by atoms with E-state index in [9.17, 15) is 4.79 Å². The van der Waals surface area contributed by atoms with E-state index in [0.717, 1.165) is 0 Å². The minimum absolute atomic E-state index is 0.0836. The van der Waals surface area contributed by atoms with E-state index in [1.807, 2.05) is 0 Å². The van der Waals surface area contributed by atoms with Gasteiger partial charge in [0.05, 0.1) is 18.5 Å². The Morgan fingerprint density at radius 1 is 1.36 bits per heavy atom. The first-order valence-corrected chi connectivity index (χ1v) is 3.96. The van der Waals surface area contributed by atoms with E-state index in [0.29, 0.717) is 11.5 Å². The average Bonchev–Trinajstić information content (AvgIpc) is 2.70. The molecule has 68 valence electrons. The first-order chi connectivity index (χ1) is 6.81. The number of hydrogen-bond donors (Lipinski definition) is 1. The lowest BCUT2D eigenvalue weighted by Gasteiger charge is -1.95. The van der Waals surface area contributed by atoms with E-state index in [-0.39, 0.29) is 5.69 Å². The minimum Gasteiger partial charge on any atom is -0.463 e. The van der Waals surface area contributed by atoms with E-state index in [2.05, 4.69) is 9.83 Å². The van der Waals surface area contributed by atoms with Crippen LogP contribution in [-0.2, 0) is 0 Å². The van der Waals surface area contributed by atoms with Crippen LogP contribution in [0.2, 0.25) is 0 Å². The molecule has 0 spiro atoms. The van der Waals surface area contributed by atoms with E-state index < -0.39 is 5.56 Å². The second-order valence-electron chi connectivity index (χ2n) is 2.68. The molecule has 0 amide bonds. The summed E-state index contributed by atoms with van der Waals surface area (Å²) in [6.07, 6.45) is 1.52. The van der Waals surface area contributed by atoms with Crippen LogP contribution in [0.3, 0.4) is 0 Å². The van der Waals surface area contributed by atoms with Gasteiger partial charge in [0.2, 0.25) is 5.69 Å². The summed E-state index contributed by atoms with van der Waals surface area (Å²) in [7, 11) is 0. The van der Waals surface area contributed by atoms with Crippen molar-refractivity contribution in [3.05, 3.63) is 52.3 Å². The fourth-order valence-corrected chi connectivity index (χ4v) is 1.13. The van der Waals surface area contributed by atoms with Crippen molar-refractivity contribution in [3.63, 3.8) is 0 Å². The van der Waals surface area contributed by atoms with Gasteiger partial charge in [0.25, 0.3) is 5.56 Å². The second-order valence-corrected chi connectivity index (χ2v) is 2.68. The van der Waals surface area contributed by atoms with E-state index >= 15 is 0 Å². The van der Waals surface area contributed by atoms with E-state index in [1.54, 1.807) is 18.2 Å². The summed E-state index contributed by atoms with van der Waals surface area (Å²) in [5.41, 5.74) is 0.265. The topological polar surface area (TPSA) is 50.4 Å². The molecule has 0 aromatic carbocycles. The van der Waals surface area contributed by atoms with Gasteiger partial charge in [-0.25, -0.2) is 4.85 Å². The minimum atomic E-state index is -0.395. The molecule has 4 nitrogen and oxygen atoms in total. The van der Waals surface area contributed by atoms with Crippen LogP contribution in [0.1, 0.15) is 0 Å². The highest BCUT2D eigenvalue weighted by Gasteiger charge is 2.03. The van der Waals surface area contributed by atoms with Crippen molar-refractivity contribution in [2.75, 3.05) is 0 Å². The Hall–Kier alpha value is -2.28. The summed E-state index contributed by atoms with van der Waals surface area (Å²) >= 11 is 0. The van der Waals surface area contributed by atoms with Crippen molar-refractivity contribution < 1.29 is 4.42 Å². The Labute approximate surface area is 79.6 Å². The molecule has 4 heteroatoms. The SMILES string of the molecule is [C-]#[N+]c1ccc(-c2ccco2)[nH]c1=O. The Kier molecular flexibility index (Phi) is 1.92. The molecule has 0 unspecified atom stereocenters. The zero-order valence-corrected chi connectivity index (χ0v) is 7.15. The number of pyridine rings is 1. The lowest BCUT2D eigenvalue weighted by atomic mass is 10.3. The van der Waals surface area contributed by atoms with Crippen LogP contribution in [0.5, 0.6) is 0 Å². The lowest BCUT2D eigenvalue weighted by molar-refractivity contribution is 0.580. The molecule has 0 radical (unpaired) electrons. The summed E-state index contributed by atoms with van der Waals surface area (Å²) in [5.74, 6) is 0.582. The Balaban J connectivity index is 2.55. The van der Waals surface area contributed by atoms with Gasteiger partial charge in [-0.05, 0) is 24.3 Å². The highest BCUT2D eigenvalue weighted by molar-refractivity contribution is 5.55. The molecule has 0 atom stereocenters. The van der Waals surface area contributed by atoms with Crippen LogP contribution >= 0.6 is 0 Å². The van der Waals surface area contributed by atoms with Crippen LogP contribution in [0.15, 0.2) is 39.7 Å². The Morgan fingerprint density at radius 2 is 2.21 bits per heavy atom. The predicted octanol–water partition coefficient (Wildman–Crippen LogP) is 2.19. The number of H-pyrrole nitrogens is 1. The number of aromatic amines is 1. The summed E-state index contributed by atoms with van der Waals surface area (Å²) < 4.78 is 5.10. The van der Waals surface area contributed by atoms with Crippen LogP contribution < -0.4 is 5.56 Å². The van der Waals surface area contributed by atoms with Crippen molar-refractivity contribution >= 4 is 5.69 Å². The summed E-state index contributed by atoms with van der Waals surface area (Å²) in [6, 6.07) is 6.59. The molecule has 2 aromatic heterocycles. The molecular formula is C10H6N2O2. The Morgan fingerprint density at radius 3 is 2.79 bits per heavy atom. The molecular weight excluding hydrogens is 180 g/mol. The van der Waals surface area contributed by atoms with Crippen LogP contribution in [0.4, 0.5) is 5.69 Å². The summed E-state index contributed by atoms with van der Waals surface area (Å²) in [4.78, 5) is 16.9. The van der Waals surface area contributed by atoms with Gasteiger partial charge in [0.15, 0.2) is 0 Å². The van der Waals surface area contributed by atoms with E-state index in [4.69, 9.17) is 11.0 Å². The van der Waals surface area contributed by atoms with Crippen molar-refractivity contribution in [1.29, 1.82) is 0 Å². The number of rotatable bonds is 1. The fourth-order valence-electron chi connectivity index (χ4n) is 1.13. The number of nitrogens with zero attached hydrogens (tertiary/aromatic N) is 1. The van der Waals surface area contributed by atoms with Gasteiger partial charge in [-0.15, -0.1) is 0 Å². The van der Waals surface area contributed by atoms with Gasteiger partial charge in [-0.2, -0.15) is 0 Å². The molecule has 2 heterocycles. The smallest absolute Gasteiger partial charge is 0.254 e. The molecule has 0 bridgehead atoms.